The van der Waals surface area contributed by atoms with Crippen molar-refractivity contribution < 1.29 is 49.8 Å². The van der Waals surface area contributed by atoms with Gasteiger partial charge in [0.15, 0.2) is 0 Å². The van der Waals surface area contributed by atoms with E-state index in [-0.39, 0.29) is 0 Å². The zero-order valence-electron chi connectivity index (χ0n) is 13.3. The molecule has 25 heavy (non-hydrogen) atoms. The summed E-state index contributed by atoms with van der Waals surface area (Å²) in [5.74, 6) is -5.99. The molecule has 4 unspecified atom stereocenters. The molecule has 0 saturated carbocycles. The van der Waals surface area contributed by atoms with Gasteiger partial charge in [0.25, 0.3) is 5.79 Å². The first-order valence-electron chi connectivity index (χ1n) is 7.34. The van der Waals surface area contributed by atoms with E-state index in [1.54, 1.807) is 0 Å². The molecule has 0 aliphatic carbocycles. The third-order valence-electron chi connectivity index (χ3n) is 3.66. The summed E-state index contributed by atoms with van der Waals surface area (Å²) in [6.07, 6.45) is -7.97. The maximum atomic E-state index is 11.8. The van der Waals surface area contributed by atoms with Gasteiger partial charge >= 0.3 is 5.97 Å². The minimum Gasteiger partial charge on any atom is -0.477 e. The van der Waals surface area contributed by atoms with Crippen molar-refractivity contribution in [3.63, 3.8) is 0 Å². The van der Waals surface area contributed by atoms with E-state index in [1.807, 2.05) is 0 Å². The average Bonchev–Trinajstić information content (AvgIpc) is 2.53. The van der Waals surface area contributed by atoms with Gasteiger partial charge in [-0.3, -0.25) is 9.59 Å². The lowest BCUT2D eigenvalue weighted by molar-refractivity contribution is -0.295. The number of carbonyl (C=O) groups excluding carboxylic acids is 2. The van der Waals surface area contributed by atoms with E-state index < -0.39 is 73.6 Å². The molecule has 0 aromatic heterocycles. The molecule has 1 aliphatic heterocycles. The van der Waals surface area contributed by atoms with E-state index in [0.717, 1.165) is 0 Å². The number of carboxylic acid groups (broad SMARTS) is 1. The number of amides is 2. The van der Waals surface area contributed by atoms with Crippen LogP contribution in [0.3, 0.4) is 0 Å². The van der Waals surface area contributed by atoms with Crippen LogP contribution in [0.15, 0.2) is 0 Å². The molecule has 6 atom stereocenters. The molecule has 0 radical (unpaired) electrons. The maximum Gasteiger partial charge on any atom is 0.364 e. The van der Waals surface area contributed by atoms with Crippen molar-refractivity contribution in [3.8, 4) is 0 Å². The van der Waals surface area contributed by atoms with Crippen molar-refractivity contribution in [2.24, 2.45) is 0 Å². The minimum absolute atomic E-state index is 0.465. The van der Waals surface area contributed by atoms with Crippen LogP contribution in [0, 0.1) is 0 Å². The Morgan fingerprint density at radius 3 is 2.40 bits per heavy atom. The number of carbonyl (C=O) groups is 3. The highest BCUT2D eigenvalue weighted by Gasteiger charge is 2.53. The van der Waals surface area contributed by atoms with Gasteiger partial charge in [-0.25, -0.2) is 4.79 Å². The third-order valence-corrected chi connectivity index (χ3v) is 3.66. The van der Waals surface area contributed by atoms with Gasteiger partial charge in [-0.15, -0.1) is 0 Å². The standard InChI is InChI=1S/C13H22N2O10/c1-5(17)14-3-8(20)15-9-6(18)2-13(24,12(22)23)25-11(9)10(21)7(19)4-16/h6-7,9-11,16,18-19,21,24H,2-4H2,1H3,(H,14,17)(H,15,20)(H,22,23)/t6?,7-,9?,10-,11?,13?/m1/s1. The quantitative estimate of drug-likeness (QED) is 0.216. The lowest BCUT2D eigenvalue weighted by atomic mass is 9.88. The normalized spacial score (nSPS) is 31.7. The fourth-order valence-electron chi connectivity index (χ4n) is 2.34. The topological polar surface area (TPSA) is 206 Å². The summed E-state index contributed by atoms with van der Waals surface area (Å²) in [4.78, 5) is 33.7. The number of hydrogen-bond donors (Lipinski definition) is 8. The van der Waals surface area contributed by atoms with Crippen LogP contribution in [0.4, 0.5) is 0 Å². The van der Waals surface area contributed by atoms with Crippen molar-refractivity contribution in [3.05, 3.63) is 0 Å². The van der Waals surface area contributed by atoms with Crippen LogP contribution in [0.1, 0.15) is 13.3 Å². The number of carboxylic acids is 1. The Labute approximate surface area is 142 Å². The lowest BCUT2D eigenvalue weighted by Gasteiger charge is -2.44. The maximum absolute atomic E-state index is 11.8. The molecule has 144 valence electrons. The van der Waals surface area contributed by atoms with Crippen molar-refractivity contribution in [2.75, 3.05) is 13.2 Å². The summed E-state index contributed by atoms with van der Waals surface area (Å²) in [7, 11) is 0. The Kier molecular flexibility index (Phi) is 7.22. The van der Waals surface area contributed by atoms with Crippen LogP contribution in [-0.2, 0) is 19.1 Å². The van der Waals surface area contributed by atoms with Gasteiger partial charge < -0.3 is 46.0 Å². The van der Waals surface area contributed by atoms with Gasteiger partial charge in [-0.05, 0) is 0 Å². The zero-order chi connectivity index (χ0) is 19.4. The van der Waals surface area contributed by atoms with E-state index >= 15 is 0 Å². The molecule has 1 aliphatic rings. The molecule has 2 amide bonds. The summed E-state index contributed by atoms with van der Waals surface area (Å²) in [6.45, 7) is -0.217. The molecule has 12 nitrogen and oxygen atoms in total. The summed E-state index contributed by atoms with van der Waals surface area (Å²) in [6, 6.07) is -1.42. The van der Waals surface area contributed by atoms with E-state index in [9.17, 15) is 34.8 Å². The van der Waals surface area contributed by atoms with Crippen molar-refractivity contribution in [1.29, 1.82) is 0 Å². The Morgan fingerprint density at radius 1 is 1.32 bits per heavy atom. The van der Waals surface area contributed by atoms with Crippen LogP contribution in [-0.4, -0.2) is 97.8 Å². The fourth-order valence-corrected chi connectivity index (χ4v) is 2.34. The number of aliphatic hydroxyl groups excluding tert-OH is 4. The highest BCUT2D eigenvalue weighted by atomic mass is 16.7. The largest absolute Gasteiger partial charge is 0.477 e. The minimum atomic E-state index is -2.86. The molecule has 1 rings (SSSR count). The Morgan fingerprint density at radius 2 is 1.92 bits per heavy atom. The second-order valence-electron chi connectivity index (χ2n) is 5.69. The molecule has 1 saturated heterocycles. The molecule has 1 fully saturated rings. The summed E-state index contributed by atoms with van der Waals surface area (Å²) in [5, 5.41) is 61.9. The predicted octanol–water partition coefficient (Wildman–Crippen LogP) is -4.76. The number of ether oxygens (including phenoxy) is 1. The summed E-state index contributed by atoms with van der Waals surface area (Å²) >= 11 is 0. The van der Waals surface area contributed by atoms with Gasteiger partial charge in [-0.2, -0.15) is 0 Å². The smallest absolute Gasteiger partial charge is 0.364 e. The monoisotopic (exact) mass is 366 g/mol. The molecule has 12 heteroatoms. The van der Waals surface area contributed by atoms with E-state index in [4.69, 9.17) is 14.9 Å². The van der Waals surface area contributed by atoms with Gasteiger partial charge in [0.05, 0.1) is 25.3 Å². The first-order valence-corrected chi connectivity index (χ1v) is 7.34. The van der Waals surface area contributed by atoms with E-state index in [1.165, 1.54) is 6.92 Å². The first kappa shape index (κ1) is 21.2. The highest BCUT2D eigenvalue weighted by Crippen LogP contribution is 2.30. The van der Waals surface area contributed by atoms with Gasteiger partial charge in [-0.1, -0.05) is 0 Å². The van der Waals surface area contributed by atoms with Crippen molar-refractivity contribution in [1.82, 2.24) is 10.6 Å². The van der Waals surface area contributed by atoms with Crippen LogP contribution < -0.4 is 10.6 Å². The fraction of sp³-hybridized carbons (Fsp3) is 0.769. The van der Waals surface area contributed by atoms with Gasteiger partial charge in [0, 0.05) is 13.3 Å². The van der Waals surface area contributed by atoms with Crippen molar-refractivity contribution in [2.45, 2.75) is 49.6 Å². The molecule has 0 aromatic carbocycles. The highest BCUT2D eigenvalue weighted by molar-refractivity contribution is 5.84. The first-order chi connectivity index (χ1) is 11.5. The predicted molar refractivity (Wildman–Crippen MR) is 77.8 cm³/mol. The third kappa shape index (κ3) is 5.32. The van der Waals surface area contributed by atoms with Gasteiger partial charge in [0.2, 0.25) is 11.8 Å². The number of hydrogen-bond acceptors (Lipinski definition) is 9. The number of aliphatic carboxylic acids is 1. The second kappa shape index (κ2) is 8.51. The molecule has 8 N–H and O–H groups in total. The average molecular weight is 366 g/mol. The number of aliphatic hydroxyl groups is 5. The molecular weight excluding hydrogens is 344 g/mol. The van der Waals surface area contributed by atoms with Crippen LogP contribution in [0.5, 0.6) is 0 Å². The number of nitrogens with one attached hydrogen (secondary N) is 2. The lowest BCUT2D eigenvalue weighted by Crippen LogP contribution is -2.67. The van der Waals surface area contributed by atoms with Gasteiger partial charge in [0.1, 0.15) is 18.3 Å². The Bertz CT molecular complexity index is 515. The van der Waals surface area contributed by atoms with Crippen molar-refractivity contribution >= 4 is 17.8 Å². The van der Waals surface area contributed by atoms with Crippen LogP contribution in [0.25, 0.3) is 0 Å². The summed E-state index contributed by atoms with van der Waals surface area (Å²) in [5.41, 5.74) is 0. The zero-order valence-corrected chi connectivity index (χ0v) is 13.3. The molecule has 0 aromatic rings. The number of rotatable bonds is 7. The van der Waals surface area contributed by atoms with E-state index in [2.05, 4.69) is 10.6 Å². The van der Waals surface area contributed by atoms with Crippen LogP contribution >= 0.6 is 0 Å². The molecule has 1 heterocycles. The second-order valence-corrected chi connectivity index (χ2v) is 5.69. The Hall–Kier alpha value is -1.83. The molecule has 0 bridgehead atoms. The van der Waals surface area contributed by atoms with E-state index in [0.29, 0.717) is 0 Å². The van der Waals surface area contributed by atoms with Crippen LogP contribution in [0.2, 0.25) is 0 Å². The molecular formula is C13H22N2O10. The summed E-state index contributed by atoms with van der Waals surface area (Å²) < 4.78 is 4.90. The Balaban J connectivity index is 2.99. The molecule has 0 spiro atoms. The SMILES string of the molecule is CC(=O)NCC(=O)NC1C(O)CC(O)(C(=O)O)OC1[C@H](O)[C@H](O)CO.